The average Bonchev–Trinajstić information content (AvgIpc) is 2.82. The number of benzene rings is 3. The van der Waals surface area contributed by atoms with Crippen LogP contribution in [-0.2, 0) is 11.3 Å². The molecule has 1 N–H and O–H groups in total. The van der Waals surface area contributed by atoms with Gasteiger partial charge in [-0.3, -0.25) is 9.69 Å². The van der Waals surface area contributed by atoms with E-state index in [2.05, 4.69) is 22.3 Å². The Balaban J connectivity index is 1.26. The number of likely N-dealkylation sites (tertiary alicyclic amines) is 1. The van der Waals surface area contributed by atoms with E-state index in [0.717, 1.165) is 38.2 Å². The molecule has 6 heteroatoms. The van der Waals surface area contributed by atoms with Crippen LogP contribution in [0.2, 0.25) is 0 Å². The fourth-order valence-electron chi connectivity index (χ4n) is 3.89. The maximum absolute atomic E-state index is 13.7. The van der Waals surface area contributed by atoms with Gasteiger partial charge in [0.15, 0.2) is 11.6 Å². The number of hydrogen-bond donors (Lipinski definition) is 1. The van der Waals surface area contributed by atoms with Crippen LogP contribution in [0.4, 0.5) is 10.1 Å². The zero-order chi connectivity index (χ0) is 22.3. The predicted molar refractivity (Wildman–Crippen MR) is 123 cm³/mol. The SMILES string of the molecule is COc1cccc(CN2CCC(C(=O)Nc3ccc(Oc4ccccc4F)cc3)CC2)c1. The highest BCUT2D eigenvalue weighted by atomic mass is 19.1. The predicted octanol–water partition coefficient (Wildman–Crippen LogP) is 5.48. The molecule has 1 saturated heterocycles. The van der Waals surface area contributed by atoms with Crippen molar-refractivity contribution in [1.29, 1.82) is 0 Å². The summed E-state index contributed by atoms with van der Waals surface area (Å²) in [4.78, 5) is 15.1. The molecule has 32 heavy (non-hydrogen) atoms. The van der Waals surface area contributed by atoms with Crippen LogP contribution in [0, 0.1) is 11.7 Å². The molecule has 1 heterocycles. The summed E-state index contributed by atoms with van der Waals surface area (Å²) in [6.45, 7) is 2.62. The molecule has 1 aliphatic heterocycles. The van der Waals surface area contributed by atoms with E-state index < -0.39 is 5.82 Å². The van der Waals surface area contributed by atoms with Crippen LogP contribution >= 0.6 is 0 Å². The molecule has 1 aliphatic rings. The van der Waals surface area contributed by atoms with Crippen molar-refractivity contribution in [2.75, 3.05) is 25.5 Å². The number of carbonyl (C=O) groups is 1. The number of carbonyl (C=O) groups excluding carboxylic acids is 1. The molecule has 0 saturated carbocycles. The number of hydrogen-bond acceptors (Lipinski definition) is 4. The highest BCUT2D eigenvalue weighted by Gasteiger charge is 2.25. The molecule has 166 valence electrons. The Hall–Kier alpha value is -3.38. The van der Waals surface area contributed by atoms with Gasteiger partial charge in [0, 0.05) is 18.2 Å². The third kappa shape index (κ3) is 5.65. The second kappa shape index (κ2) is 10.3. The van der Waals surface area contributed by atoms with E-state index in [9.17, 15) is 9.18 Å². The Morgan fingerprint density at radius 2 is 1.75 bits per heavy atom. The molecule has 0 radical (unpaired) electrons. The first kappa shape index (κ1) is 21.8. The summed E-state index contributed by atoms with van der Waals surface area (Å²) in [6.07, 6.45) is 1.65. The fourth-order valence-corrected chi connectivity index (χ4v) is 3.89. The molecule has 4 rings (SSSR count). The molecule has 1 fully saturated rings. The van der Waals surface area contributed by atoms with Crippen LogP contribution in [0.3, 0.4) is 0 Å². The topological polar surface area (TPSA) is 50.8 Å². The maximum atomic E-state index is 13.7. The summed E-state index contributed by atoms with van der Waals surface area (Å²) in [6, 6.07) is 21.3. The summed E-state index contributed by atoms with van der Waals surface area (Å²) in [5.74, 6) is 1.16. The minimum atomic E-state index is -0.414. The highest BCUT2D eigenvalue weighted by molar-refractivity contribution is 5.92. The lowest BCUT2D eigenvalue weighted by Gasteiger charge is -2.31. The molecule has 0 aromatic heterocycles. The molecule has 0 atom stereocenters. The smallest absolute Gasteiger partial charge is 0.227 e. The maximum Gasteiger partial charge on any atom is 0.227 e. The third-order valence-electron chi connectivity index (χ3n) is 5.69. The molecule has 3 aromatic carbocycles. The van der Waals surface area contributed by atoms with Gasteiger partial charge in [0.05, 0.1) is 7.11 Å². The normalized spacial score (nSPS) is 14.7. The zero-order valence-electron chi connectivity index (χ0n) is 18.1. The summed E-state index contributed by atoms with van der Waals surface area (Å²) < 4.78 is 24.6. The van der Waals surface area contributed by atoms with Gasteiger partial charge in [-0.05, 0) is 80.0 Å². The number of anilines is 1. The van der Waals surface area contributed by atoms with Gasteiger partial charge in [-0.25, -0.2) is 4.39 Å². The summed E-state index contributed by atoms with van der Waals surface area (Å²) in [5, 5.41) is 2.99. The molecular weight excluding hydrogens is 407 g/mol. The largest absolute Gasteiger partial charge is 0.497 e. The second-order valence-corrected chi connectivity index (χ2v) is 7.95. The summed E-state index contributed by atoms with van der Waals surface area (Å²) >= 11 is 0. The van der Waals surface area contributed by atoms with Crippen molar-refractivity contribution in [1.82, 2.24) is 4.90 Å². The molecule has 0 spiro atoms. The van der Waals surface area contributed by atoms with Crippen LogP contribution in [-0.4, -0.2) is 31.0 Å². The number of amides is 1. The van der Waals surface area contributed by atoms with Crippen molar-refractivity contribution >= 4 is 11.6 Å². The number of rotatable bonds is 7. The van der Waals surface area contributed by atoms with Gasteiger partial charge in [0.2, 0.25) is 5.91 Å². The zero-order valence-corrected chi connectivity index (χ0v) is 18.1. The van der Waals surface area contributed by atoms with Gasteiger partial charge in [0.1, 0.15) is 11.5 Å². The van der Waals surface area contributed by atoms with Gasteiger partial charge in [-0.15, -0.1) is 0 Å². The number of piperidine rings is 1. The van der Waals surface area contributed by atoms with Gasteiger partial charge < -0.3 is 14.8 Å². The molecule has 0 unspecified atom stereocenters. The van der Waals surface area contributed by atoms with Crippen molar-refractivity contribution in [2.24, 2.45) is 5.92 Å². The van der Waals surface area contributed by atoms with Crippen molar-refractivity contribution in [3.63, 3.8) is 0 Å². The number of halogens is 1. The van der Waals surface area contributed by atoms with Crippen molar-refractivity contribution in [3.05, 3.63) is 84.2 Å². The first-order valence-corrected chi connectivity index (χ1v) is 10.8. The van der Waals surface area contributed by atoms with E-state index >= 15 is 0 Å². The number of nitrogens with one attached hydrogen (secondary N) is 1. The molecule has 1 amide bonds. The van der Waals surface area contributed by atoms with Gasteiger partial charge in [0.25, 0.3) is 0 Å². The number of ether oxygens (including phenoxy) is 2. The Morgan fingerprint density at radius 1 is 1.00 bits per heavy atom. The third-order valence-corrected chi connectivity index (χ3v) is 5.69. The quantitative estimate of drug-likeness (QED) is 0.535. The van der Waals surface area contributed by atoms with E-state index in [0.29, 0.717) is 11.4 Å². The lowest BCUT2D eigenvalue weighted by Crippen LogP contribution is -2.37. The van der Waals surface area contributed by atoms with Crippen LogP contribution < -0.4 is 14.8 Å². The summed E-state index contributed by atoms with van der Waals surface area (Å²) in [7, 11) is 1.67. The van der Waals surface area contributed by atoms with Gasteiger partial charge >= 0.3 is 0 Å². The Bertz CT molecular complexity index is 1050. The molecule has 5 nitrogen and oxygen atoms in total. The van der Waals surface area contributed by atoms with E-state index in [4.69, 9.17) is 9.47 Å². The average molecular weight is 435 g/mol. The minimum absolute atomic E-state index is 0.00843. The van der Waals surface area contributed by atoms with E-state index in [-0.39, 0.29) is 17.6 Å². The molecule has 0 aliphatic carbocycles. The van der Waals surface area contributed by atoms with E-state index in [1.165, 1.54) is 11.6 Å². The molecular formula is C26H27FN2O3. The van der Waals surface area contributed by atoms with Crippen LogP contribution in [0.1, 0.15) is 18.4 Å². The van der Waals surface area contributed by atoms with Crippen molar-refractivity contribution in [2.45, 2.75) is 19.4 Å². The van der Waals surface area contributed by atoms with Gasteiger partial charge in [-0.2, -0.15) is 0 Å². The number of nitrogens with zero attached hydrogens (tertiary/aromatic N) is 1. The highest BCUT2D eigenvalue weighted by Crippen LogP contribution is 2.26. The standard InChI is InChI=1S/C26H27FN2O3/c1-31-23-6-4-5-19(17-23)18-29-15-13-20(14-16-29)26(30)28-21-9-11-22(12-10-21)32-25-8-3-2-7-24(25)27/h2-12,17,20H,13-16,18H2,1H3,(H,28,30). The Kier molecular flexibility index (Phi) is 7.02. The molecule has 3 aromatic rings. The monoisotopic (exact) mass is 434 g/mol. The van der Waals surface area contributed by atoms with Crippen LogP contribution in [0.25, 0.3) is 0 Å². The fraction of sp³-hybridized carbons (Fsp3) is 0.269. The van der Waals surface area contributed by atoms with E-state index in [1.807, 2.05) is 12.1 Å². The summed E-state index contributed by atoms with van der Waals surface area (Å²) in [5.41, 5.74) is 1.92. The lowest BCUT2D eigenvalue weighted by molar-refractivity contribution is -0.121. The first-order chi connectivity index (χ1) is 15.6. The van der Waals surface area contributed by atoms with Crippen molar-refractivity contribution < 1.29 is 18.7 Å². The Labute approximate surface area is 187 Å². The number of methoxy groups -OCH3 is 1. The van der Waals surface area contributed by atoms with E-state index in [1.54, 1.807) is 49.6 Å². The Morgan fingerprint density at radius 3 is 2.47 bits per heavy atom. The van der Waals surface area contributed by atoms with Crippen LogP contribution in [0.15, 0.2) is 72.8 Å². The van der Waals surface area contributed by atoms with Gasteiger partial charge in [-0.1, -0.05) is 24.3 Å². The second-order valence-electron chi connectivity index (χ2n) is 7.95. The van der Waals surface area contributed by atoms with Crippen molar-refractivity contribution in [3.8, 4) is 17.2 Å². The lowest BCUT2D eigenvalue weighted by atomic mass is 9.95. The first-order valence-electron chi connectivity index (χ1n) is 10.8. The molecule has 0 bridgehead atoms. The minimum Gasteiger partial charge on any atom is -0.497 e. The van der Waals surface area contributed by atoms with Crippen LogP contribution in [0.5, 0.6) is 17.2 Å². The number of para-hydroxylation sites is 1.